The Kier molecular flexibility index (Phi) is 3.68. The number of nitrogens with zero attached hydrogens (tertiary/aromatic N) is 3. The molecule has 5 heteroatoms. The Balaban J connectivity index is 1.50. The predicted octanol–water partition coefficient (Wildman–Crippen LogP) is 3.27. The average Bonchev–Trinajstić information content (AvgIpc) is 3.21. The summed E-state index contributed by atoms with van der Waals surface area (Å²) < 4.78 is 0. The molecule has 1 atom stereocenters. The Morgan fingerprint density at radius 1 is 1.22 bits per heavy atom. The lowest BCUT2D eigenvalue weighted by atomic mass is 10.1. The molecule has 4 nitrogen and oxygen atoms in total. The van der Waals surface area contributed by atoms with Gasteiger partial charge in [0.05, 0.1) is 4.88 Å². The zero-order valence-corrected chi connectivity index (χ0v) is 14.4. The number of carbonyl (C=O) groups excluding carboxylic acids is 1. The highest BCUT2D eigenvalue weighted by Crippen LogP contribution is 2.33. The first kappa shape index (κ1) is 14.8. The van der Waals surface area contributed by atoms with Crippen LogP contribution in [0.15, 0.2) is 12.1 Å². The van der Waals surface area contributed by atoms with Gasteiger partial charge in [-0.1, -0.05) is 0 Å². The molecule has 0 saturated carbocycles. The SMILES string of the molecule is Cc1cc(C)nc(C2CCN(C(=O)c3cc4c(s3)CCC4)C2)n1. The number of aryl methyl sites for hydroxylation is 4. The van der Waals surface area contributed by atoms with Crippen molar-refractivity contribution in [2.24, 2.45) is 0 Å². The van der Waals surface area contributed by atoms with E-state index in [1.54, 1.807) is 11.3 Å². The smallest absolute Gasteiger partial charge is 0.263 e. The van der Waals surface area contributed by atoms with Crippen molar-refractivity contribution in [2.45, 2.75) is 45.4 Å². The van der Waals surface area contributed by atoms with Crippen molar-refractivity contribution in [1.82, 2.24) is 14.9 Å². The Labute approximate surface area is 140 Å². The van der Waals surface area contributed by atoms with Crippen LogP contribution in [0, 0.1) is 13.8 Å². The van der Waals surface area contributed by atoms with Gasteiger partial charge in [0.15, 0.2) is 0 Å². The number of amides is 1. The summed E-state index contributed by atoms with van der Waals surface area (Å²) in [5.41, 5.74) is 3.41. The maximum absolute atomic E-state index is 12.8. The van der Waals surface area contributed by atoms with Gasteiger partial charge in [0.2, 0.25) is 0 Å². The van der Waals surface area contributed by atoms with Crippen molar-refractivity contribution in [3.63, 3.8) is 0 Å². The van der Waals surface area contributed by atoms with Gasteiger partial charge in [-0.05, 0) is 57.2 Å². The summed E-state index contributed by atoms with van der Waals surface area (Å²) in [5.74, 6) is 1.35. The lowest BCUT2D eigenvalue weighted by Gasteiger charge is -2.15. The molecule has 2 aliphatic rings. The maximum atomic E-state index is 12.8. The Bertz CT molecular complexity index is 726. The molecule has 0 radical (unpaired) electrons. The van der Waals surface area contributed by atoms with Gasteiger partial charge in [0, 0.05) is 35.3 Å². The van der Waals surface area contributed by atoms with Crippen LogP contribution < -0.4 is 0 Å². The number of aromatic nitrogens is 2. The zero-order valence-electron chi connectivity index (χ0n) is 13.6. The van der Waals surface area contributed by atoms with Gasteiger partial charge in [-0.2, -0.15) is 0 Å². The van der Waals surface area contributed by atoms with Crippen molar-refractivity contribution >= 4 is 17.2 Å². The Morgan fingerprint density at radius 2 is 2.00 bits per heavy atom. The van der Waals surface area contributed by atoms with E-state index in [1.807, 2.05) is 24.8 Å². The van der Waals surface area contributed by atoms with Gasteiger partial charge in [-0.25, -0.2) is 9.97 Å². The molecule has 1 aliphatic carbocycles. The van der Waals surface area contributed by atoms with E-state index in [2.05, 4.69) is 16.0 Å². The first-order valence-electron chi connectivity index (χ1n) is 8.33. The number of fused-ring (bicyclic) bond motifs is 1. The highest BCUT2D eigenvalue weighted by molar-refractivity contribution is 7.14. The van der Waals surface area contributed by atoms with E-state index in [0.717, 1.165) is 54.4 Å². The molecule has 0 bridgehead atoms. The van der Waals surface area contributed by atoms with E-state index in [0.29, 0.717) is 0 Å². The number of carbonyl (C=O) groups is 1. The minimum atomic E-state index is 0.191. The average molecular weight is 327 g/mol. The van der Waals surface area contributed by atoms with Crippen LogP contribution in [0.1, 0.15) is 56.1 Å². The zero-order chi connectivity index (χ0) is 16.0. The number of thiophene rings is 1. The van der Waals surface area contributed by atoms with Crippen molar-refractivity contribution in [3.8, 4) is 0 Å². The molecule has 4 rings (SSSR count). The van der Waals surface area contributed by atoms with Crippen LogP contribution in [0.4, 0.5) is 0 Å². The summed E-state index contributed by atoms with van der Waals surface area (Å²) in [6, 6.07) is 4.12. The third kappa shape index (κ3) is 2.78. The summed E-state index contributed by atoms with van der Waals surface area (Å²) in [6.07, 6.45) is 4.48. The van der Waals surface area contributed by atoms with E-state index in [4.69, 9.17) is 0 Å². The molecule has 3 heterocycles. The fourth-order valence-electron chi connectivity index (χ4n) is 3.68. The first-order valence-corrected chi connectivity index (χ1v) is 9.15. The summed E-state index contributed by atoms with van der Waals surface area (Å²) in [7, 11) is 0. The van der Waals surface area contributed by atoms with Gasteiger partial charge < -0.3 is 4.90 Å². The third-order valence-electron chi connectivity index (χ3n) is 4.80. The standard InChI is InChI=1S/C18H21N3OS/c1-11-8-12(2)20-17(19-11)14-6-7-21(10-14)18(22)16-9-13-4-3-5-15(13)23-16/h8-9,14H,3-7,10H2,1-2H3. The lowest BCUT2D eigenvalue weighted by molar-refractivity contribution is 0.0795. The van der Waals surface area contributed by atoms with E-state index >= 15 is 0 Å². The monoisotopic (exact) mass is 327 g/mol. The highest BCUT2D eigenvalue weighted by Gasteiger charge is 2.31. The summed E-state index contributed by atoms with van der Waals surface area (Å²) in [6.45, 7) is 5.55. The molecule has 120 valence electrons. The number of likely N-dealkylation sites (tertiary alicyclic amines) is 1. The number of hydrogen-bond donors (Lipinski definition) is 0. The molecule has 2 aromatic heterocycles. The molecule has 0 N–H and O–H groups in total. The molecule has 1 fully saturated rings. The van der Waals surface area contributed by atoms with Gasteiger partial charge in [-0.15, -0.1) is 11.3 Å². The molecule has 23 heavy (non-hydrogen) atoms. The molecule has 1 unspecified atom stereocenters. The highest BCUT2D eigenvalue weighted by atomic mass is 32.1. The van der Waals surface area contributed by atoms with Crippen LogP contribution in [-0.2, 0) is 12.8 Å². The first-order chi connectivity index (χ1) is 11.1. The lowest BCUT2D eigenvalue weighted by Crippen LogP contribution is -2.28. The fourth-order valence-corrected chi connectivity index (χ4v) is 4.90. The Morgan fingerprint density at radius 3 is 2.74 bits per heavy atom. The second-order valence-electron chi connectivity index (χ2n) is 6.66. The normalized spacial score (nSPS) is 20.1. The fraction of sp³-hybridized carbons (Fsp3) is 0.500. The molecule has 0 spiro atoms. The largest absolute Gasteiger partial charge is 0.337 e. The summed E-state index contributed by atoms with van der Waals surface area (Å²) in [5, 5.41) is 0. The van der Waals surface area contributed by atoms with Crippen LogP contribution in [0.3, 0.4) is 0 Å². The Hall–Kier alpha value is -1.75. The van der Waals surface area contributed by atoms with E-state index in [9.17, 15) is 4.79 Å². The van der Waals surface area contributed by atoms with Gasteiger partial charge in [0.1, 0.15) is 5.82 Å². The maximum Gasteiger partial charge on any atom is 0.263 e. The van der Waals surface area contributed by atoms with E-state index in [-0.39, 0.29) is 11.8 Å². The third-order valence-corrected chi connectivity index (χ3v) is 6.02. The minimum Gasteiger partial charge on any atom is -0.337 e. The van der Waals surface area contributed by atoms with E-state index < -0.39 is 0 Å². The van der Waals surface area contributed by atoms with Crippen LogP contribution in [-0.4, -0.2) is 33.9 Å². The quantitative estimate of drug-likeness (QED) is 0.850. The van der Waals surface area contributed by atoms with Crippen LogP contribution in [0.25, 0.3) is 0 Å². The molecule has 1 aliphatic heterocycles. The molecule has 0 aromatic carbocycles. The van der Waals surface area contributed by atoms with Gasteiger partial charge >= 0.3 is 0 Å². The van der Waals surface area contributed by atoms with Crippen LogP contribution >= 0.6 is 11.3 Å². The van der Waals surface area contributed by atoms with Gasteiger partial charge in [-0.3, -0.25) is 4.79 Å². The van der Waals surface area contributed by atoms with Crippen LogP contribution in [0.2, 0.25) is 0 Å². The summed E-state index contributed by atoms with van der Waals surface area (Å²) >= 11 is 1.70. The number of rotatable bonds is 2. The second-order valence-corrected chi connectivity index (χ2v) is 7.80. The topological polar surface area (TPSA) is 46.1 Å². The van der Waals surface area contributed by atoms with Crippen LogP contribution in [0.5, 0.6) is 0 Å². The van der Waals surface area contributed by atoms with Crippen molar-refractivity contribution in [1.29, 1.82) is 0 Å². The molecular weight excluding hydrogens is 306 g/mol. The van der Waals surface area contributed by atoms with Crippen molar-refractivity contribution in [3.05, 3.63) is 44.7 Å². The van der Waals surface area contributed by atoms with Gasteiger partial charge in [0.25, 0.3) is 5.91 Å². The molecule has 1 amide bonds. The predicted molar refractivity (Wildman–Crippen MR) is 91.1 cm³/mol. The second kappa shape index (κ2) is 5.71. The van der Waals surface area contributed by atoms with Crippen molar-refractivity contribution < 1.29 is 4.79 Å². The minimum absolute atomic E-state index is 0.191. The van der Waals surface area contributed by atoms with E-state index in [1.165, 1.54) is 16.9 Å². The molecular formula is C18H21N3OS. The van der Waals surface area contributed by atoms with Crippen molar-refractivity contribution in [2.75, 3.05) is 13.1 Å². The summed E-state index contributed by atoms with van der Waals surface area (Å²) in [4.78, 5) is 26.2. The number of hydrogen-bond acceptors (Lipinski definition) is 4. The molecule has 1 saturated heterocycles. The molecule has 2 aromatic rings.